The molecule has 1 aliphatic heterocycles. The molecule has 0 bridgehead atoms. The van der Waals surface area contributed by atoms with Gasteiger partial charge < -0.3 is 9.84 Å². The third-order valence-corrected chi connectivity index (χ3v) is 2.43. The normalized spacial score (nSPS) is 17.7. The molecule has 0 aliphatic carbocycles. The molecule has 1 fully saturated rings. The number of rotatable bonds is 6. The van der Waals surface area contributed by atoms with E-state index in [0.29, 0.717) is 13.2 Å². The number of aliphatic hydroxyl groups excluding tert-OH is 1. The lowest BCUT2D eigenvalue weighted by molar-refractivity contribution is 0.0225. The maximum absolute atomic E-state index is 9.57. The van der Waals surface area contributed by atoms with Gasteiger partial charge in [-0.15, -0.1) is 0 Å². The largest absolute Gasteiger partial charge is 0.389 e. The highest BCUT2D eigenvalue weighted by Crippen LogP contribution is 2.05. The second-order valence-electron chi connectivity index (χ2n) is 3.96. The van der Waals surface area contributed by atoms with Crippen molar-refractivity contribution in [2.24, 2.45) is 0 Å². The quantitative estimate of drug-likeness (QED) is 0.703. The van der Waals surface area contributed by atoms with Crippen molar-refractivity contribution in [2.45, 2.75) is 12.7 Å². The van der Waals surface area contributed by atoms with Crippen molar-refractivity contribution in [3.63, 3.8) is 0 Å². The van der Waals surface area contributed by atoms with Crippen molar-refractivity contribution in [1.82, 2.24) is 4.90 Å². The smallest absolute Gasteiger partial charge is 0.0900 e. The zero-order valence-electron chi connectivity index (χ0n) is 8.80. The zero-order valence-corrected chi connectivity index (χ0v) is 8.80. The Labute approximate surface area is 90.3 Å². The van der Waals surface area contributed by atoms with Crippen LogP contribution in [0, 0.1) is 0 Å². The molecule has 15 heavy (non-hydrogen) atoms. The maximum atomic E-state index is 9.57. The van der Waals surface area contributed by atoms with Crippen LogP contribution in [0.15, 0.2) is 30.3 Å². The Morgan fingerprint density at radius 1 is 1.27 bits per heavy atom. The summed E-state index contributed by atoms with van der Waals surface area (Å²) in [4.78, 5) is 2.19. The third kappa shape index (κ3) is 4.00. The summed E-state index contributed by atoms with van der Waals surface area (Å²) < 4.78 is 5.43. The molecular formula is C12H17NO2. The van der Waals surface area contributed by atoms with Crippen LogP contribution in [0.4, 0.5) is 0 Å². The molecule has 0 unspecified atom stereocenters. The molecule has 1 aliphatic rings. The molecule has 1 aromatic carbocycles. The molecule has 0 aromatic heterocycles. The summed E-state index contributed by atoms with van der Waals surface area (Å²) in [5, 5.41) is 9.57. The lowest BCUT2D eigenvalue weighted by atomic mass is 10.2. The van der Waals surface area contributed by atoms with E-state index in [9.17, 15) is 5.11 Å². The Balaban J connectivity index is 1.61. The van der Waals surface area contributed by atoms with Crippen LogP contribution >= 0.6 is 0 Å². The van der Waals surface area contributed by atoms with Crippen molar-refractivity contribution in [3.05, 3.63) is 35.9 Å². The first-order chi connectivity index (χ1) is 7.34. The molecule has 3 heteroatoms. The Hall–Kier alpha value is -0.900. The van der Waals surface area contributed by atoms with E-state index in [4.69, 9.17) is 4.74 Å². The lowest BCUT2D eigenvalue weighted by Gasteiger charge is -2.11. The Morgan fingerprint density at radius 2 is 2.00 bits per heavy atom. The third-order valence-electron chi connectivity index (χ3n) is 2.43. The summed E-state index contributed by atoms with van der Waals surface area (Å²) in [6.45, 7) is 3.99. The highest BCUT2D eigenvalue weighted by atomic mass is 16.5. The SMILES string of the molecule is O[C@H](COCc1ccccc1)CN1CC1. The standard InChI is InChI=1S/C12H17NO2/c14-12(8-13-6-7-13)10-15-9-11-4-2-1-3-5-11/h1-5,12,14H,6-10H2/t12-/m0/s1. The maximum Gasteiger partial charge on any atom is 0.0900 e. The van der Waals surface area contributed by atoms with E-state index in [0.717, 1.165) is 25.2 Å². The number of hydrogen-bond acceptors (Lipinski definition) is 3. The molecular weight excluding hydrogens is 190 g/mol. The molecule has 0 saturated carbocycles. The fraction of sp³-hybridized carbons (Fsp3) is 0.500. The van der Waals surface area contributed by atoms with Gasteiger partial charge >= 0.3 is 0 Å². The number of nitrogens with zero attached hydrogens (tertiary/aromatic N) is 1. The van der Waals surface area contributed by atoms with Crippen LogP contribution in [0.5, 0.6) is 0 Å². The summed E-state index contributed by atoms with van der Waals surface area (Å²) >= 11 is 0. The van der Waals surface area contributed by atoms with Crippen LogP contribution in [0.25, 0.3) is 0 Å². The molecule has 1 atom stereocenters. The molecule has 3 nitrogen and oxygen atoms in total. The number of hydrogen-bond donors (Lipinski definition) is 1. The van der Waals surface area contributed by atoms with Crippen LogP contribution in [0.1, 0.15) is 5.56 Å². The van der Waals surface area contributed by atoms with E-state index in [1.807, 2.05) is 30.3 Å². The molecule has 82 valence electrons. The predicted octanol–water partition coefficient (Wildman–Crippen LogP) is 0.880. The van der Waals surface area contributed by atoms with E-state index < -0.39 is 0 Å². The fourth-order valence-corrected chi connectivity index (χ4v) is 1.49. The first kappa shape index (κ1) is 10.6. The van der Waals surface area contributed by atoms with Gasteiger partial charge in [-0.05, 0) is 5.56 Å². The second kappa shape index (κ2) is 5.26. The molecule has 0 radical (unpaired) electrons. The van der Waals surface area contributed by atoms with Gasteiger partial charge in [0.05, 0.1) is 19.3 Å². The Morgan fingerprint density at radius 3 is 2.67 bits per heavy atom. The van der Waals surface area contributed by atoms with Crippen LogP contribution < -0.4 is 0 Å². The highest BCUT2D eigenvalue weighted by Gasteiger charge is 2.20. The van der Waals surface area contributed by atoms with Gasteiger partial charge in [-0.1, -0.05) is 30.3 Å². The van der Waals surface area contributed by atoms with E-state index in [1.54, 1.807) is 0 Å². The topological polar surface area (TPSA) is 32.5 Å². The van der Waals surface area contributed by atoms with Crippen molar-refractivity contribution in [2.75, 3.05) is 26.2 Å². The minimum atomic E-state index is -0.351. The minimum Gasteiger partial charge on any atom is -0.389 e. The predicted molar refractivity (Wildman–Crippen MR) is 58.5 cm³/mol. The van der Waals surface area contributed by atoms with Crippen LogP contribution in [-0.2, 0) is 11.3 Å². The van der Waals surface area contributed by atoms with Gasteiger partial charge in [0.2, 0.25) is 0 Å². The number of benzene rings is 1. The first-order valence-electron chi connectivity index (χ1n) is 5.36. The van der Waals surface area contributed by atoms with Crippen LogP contribution in [0.3, 0.4) is 0 Å². The average molecular weight is 207 g/mol. The number of β-amino-alcohol motifs (C(OH)–C–C–N with tert-alkyl or cyclic N) is 1. The van der Waals surface area contributed by atoms with Gasteiger partial charge in [-0.25, -0.2) is 0 Å². The minimum absolute atomic E-state index is 0.351. The fourth-order valence-electron chi connectivity index (χ4n) is 1.49. The summed E-state index contributed by atoms with van der Waals surface area (Å²) in [5.41, 5.74) is 1.15. The van der Waals surface area contributed by atoms with Gasteiger partial charge in [0.25, 0.3) is 0 Å². The lowest BCUT2D eigenvalue weighted by Crippen LogP contribution is -2.24. The van der Waals surface area contributed by atoms with E-state index >= 15 is 0 Å². The van der Waals surface area contributed by atoms with Gasteiger partial charge in [0.1, 0.15) is 0 Å². The molecule has 0 amide bonds. The van der Waals surface area contributed by atoms with E-state index in [1.165, 1.54) is 0 Å². The molecule has 2 rings (SSSR count). The monoisotopic (exact) mass is 207 g/mol. The summed E-state index contributed by atoms with van der Waals surface area (Å²) in [6, 6.07) is 10.0. The summed E-state index contributed by atoms with van der Waals surface area (Å²) in [7, 11) is 0. The molecule has 1 heterocycles. The van der Waals surface area contributed by atoms with Crippen molar-refractivity contribution in [1.29, 1.82) is 0 Å². The molecule has 0 spiro atoms. The van der Waals surface area contributed by atoms with Crippen LogP contribution in [0.2, 0.25) is 0 Å². The van der Waals surface area contributed by atoms with Gasteiger partial charge in [-0.2, -0.15) is 0 Å². The Bertz CT molecular complexity index is 285. The van der Waals surface area contributed by atoms with Gasteiger partial charge in [0.15, 0.2) is 0 Å². The second-order valence-corrected chi connectivity index (χ2v) is 3.96. The van der Waals surface area contributed by atoms with Crippen LogP contribution in [-0.4, -0.2) is 42.4 Å². The van der Waals surface area contributed by atoms with E-state index in [-0.39, 0.29) is 6.10 Å². The molecule has 1 saturated heterocycles. The van der Waals surface area contributed by atoms with Gasteiger partial charge in [0, 0.05) is 19.6 Å². The highest BCUT2D eigenvalue weighted by molar-refractivity contribution is 5.13. The average Bonchev–Trinajstić information content (AvgIpc) is 3.03. The van der Waals surface area contributed by atoms with Gasteiger partial charge in [-0.3, -0.25) is 4.90 Å². The summed E-state index contributed by atoms with van der Waals surface area (Å²) in [5.74, 6) is 0. The van der Waals surface area contributed by atoms with Crippen molar-refractivity contribution < 1.29 is 9.84 Å². The Kier molecular flexibility index (Phi) is 3.72. The number of ether oxygens (including phenoxy) is 1. The van der Waals surface area contributed by atoms with Crippen molar-refractivity contribution >= 4 is 0 Å². The van der Waals surface area contributed by atoms with Crippen molar-refractivity contribution in [3.8, 4) is 0 Å². The molecule has 1 N–H and O–H groups in total. The first-order valence-corrected chi connectivity index (χ1v) is 5.36. The zero-order chi connectivity index (χ0) is 10.5. The van der Waals surface area contributed by atoms with E-state index in [2.05, 4.69) is 4.90 Å². The summed E-state index contributed by atoms with van der Waals surface area (Å²) in [6.07, 6.45) is -0.351. The number of aliphatic hydroxyl groups is 1. The molecule has 1 aromatic rings.